The second-order valence-electron chi connectivity index (χ2n) is 5.39. The molecule has 0 fully saturated rings. The third kappa shape index (κ3) is 26.0. The van der Waals surface area contributed by atoms with E-state index in [1.807, 2.05) is 60.7 Å². The van der Waals surface area contributed by atoms with Crippen molar-refractivity contribution < 1.29 is 21.1 Å². The monoisotopic (exact) mass is 585 g/mol. The van der Waals surface area contributed by atoms with Crippen molar-refractivity contribution in [2.24, 2.45) is 0 Å². The largest absolute Gasteiger partial charge is 2.00 e. The van der Waals surface area contributed by atoms with E-state index in [0.29, 0.717) is 15.8 Å². The van der Waals surface area contributed by atoms with Gasteiger partial charge in [-0.15, -0.1) is 15.8 Å². The predicted molar refractivity (Wildman–Crippen MR) is 128 cm³/mol. The molecule has 2 aromatic rings. The van der Waals surface area contributed by atoms with Crippen molar-refractivity contribution in [3.8, 4) is 0 Å². The van der Waals surface area contributed by atoms with E-state index < -0.39 is 0 Å². The Morgan fingerprint density at radius 2 is 0.667 bits per heavy atom. The minimum absolute atomic E-state index is 0. The topological polar surface area (TPSA) is 0 Å². The van der Waals surface area contributed by atoms with E-state index in [1.54, 1.807) is 0 Å². The molecule has 0 atom stereocenters. The summed E-state index contributed by atoms with van der Waals surface area (Å²) >= 11 is 0. The molecule has 0 unspecified atom stereocenters. The Hall–Kier alpha value is -0.0117. The fourth-order valence-electron chi connectivity index (χ4n) is 2.03. The van der Waals surface area contributed by atoms with Gasteiger partial charge in [-0.1, -0.05) is 41.5 Å². The van der Waals surface area contributed by atoms with Gasteiger partial charge in [0.1, 0.15) is 0 Å². The summed E-state index contributed by atoms with van der Waals surface area (Å²) in [6.07, 6.45) is 8.51. The van der Waals surface area contributed by atoms with Crippen LogP contribution >= 0.6 is 15.8 Å². The standard InChI is InChI=1S/2C6H15P.2C6H5.Pt/c2*1-4-7(5-2)6-3;2*1-2-4-6-5-3-1;/h2*4-6H2,1-3H3;2*1-5H;/q;;2*-1;+2. The van der Waals surface area contributed by atoms with Crippen molar-refractivity contribution in [1.29, 1.82) is 0 Å². The van der Waals surface area contributed by atoms with Gasteiger partial charge >= 0.3 is 21.1 Å². The van der Waals surface area contributed by atoms with E-state index in [4.69, 9.17) is 0 Å². The van der Waals surface area contributed by atoms with Crippen LogP contribution in [0.4, 0.5) is 0 Å². The number of rotatable bonds is 6. The average Bonchev–Trinajstić information content (AvgIpc) is 2.75. The van der Waals surface area contributed by atoms with Crippen LogP contribution in [0, 0.1) is 12.1 Å². The summed E-state index contributed by atoms with van der Waals surface area (Å²) in [5.74, 6) is 0. The molecule has 0 aliphatic heterocycles. The third-order valence-corrected chi connectivity index (χ3v) is 9.26. The van der Waals surface area contributed by atoms with Gasteiger partial charge in [-0.2, -0.15) is 72.8 Å². The first-order valence-corrected chi connectivity index (χ1v) is 13.8. The maximum absolute atomic E-state index is 2.89. The molecule has 0 radical (unpaired) electrons. The van der Waals surface area contributed by atoms with Gasteiger partial charge in [0.2, 0.25) is 0 Å². The Morgan fingerprint density at radius 3 is 0.704 bits per heavy atom. The third-order valence-electron chi connectivity index (χ3n) is 3.90. The zero-order valence-corrected chi connectivity index (χ0v) is 22.3. The van der Waals surface area contributed by atoms with Gasteiger partial charge in [0, 0.05) is 0 Å². The SMILES string of the molecule is CCP(CC)CC.CCP(CC)CC.[Pt+2].[c-]1ccccc1.[c-]1ccccc1. The van der Waals surface area contributed by atoms with E-state index in [9.17, 15) is 0 Å². The fraction of sp³-hybridized carbons (Fsp3) is 0.500. The molecule has 0 amide bonds. The molecule has 156 valence electrons. The molecule has 0 aliphatic rings. The molecule has 0 saturated carbocycles. The summed E-state index contributed by atoms with van der Waals surface area (Å²) in [4.78, 5) is 0. The van der Waals surface area contributed by atoms with Gasteiger partial charge in [0.25, 0.3) is 0 Å². The number of hydrogen-bond acceptors (Lipinski definition) is 0. The van der Waals surface area contributed by atoms with Crippen molar-refractivity contribution in [3.05, 3.63) is 72.8 Å². The maximum Gasteiger partial charge on any atom is 2.00 e. The van der Waals surface area contributed by atoms with Gasteiger partial charge < -0.3 is 0 Å². The van der Waals surface area contributed by atoms with E-state index in [0.717, 1.165) is 0 Å². The molecule has 0 aromatic heterocycles. The predicted octanol–water partition coefficient (Wildman–Crippen LogP) is 8.03. The minimum Gasteiger partial charge on any atom is -0.184 e. The van der Waals surface area contributed by atoms with Crippen LogP contribution in [0.25, 0.3) is 0 Å². The van der Waals surface area contributed by atoms with Crippen LogP contribution in [0.3, 0.4) is 0 Å². The summed E-state index contributed by atoms with van der Waals surface area (Å²) < 4.78 is 0. The average molecular weight is 586 g/mol. The Morgan fingerprint density at radius 1 is 0.444 bits per heavy atom. The van der Waals surface area contributed by atoms with Crippen LogP contribution in [0.5, 0.6) is 0 Å². The zero-order chi connectivity index (χ0) is 19.9. The summed E-state index contributed by atoms with van der Waals surface area (Å²) in [6.45, 7) is 13.7. The summed E-state index contributed by atoms with van der Waals surface area (Å²) in [5.41, 5.74) is 0. The first-order chi connectivity index (χ1) is 12.7. The molecular formula is C24H40P2Pt. The molecule has 0 N–H and O–H groups in total. The van der Waals surface area contributed by atoms with E-state index >= 15 is 0 Å². The summed E-state index contributed by atoms with van der Waals surface area (Å²) in [6, 6.07) is 25.0. The van der Waals surface area contributed by atoms with E-state index in [2.05, 4.69) is 53.7 Å². The molecule has 0 heterocycles. The van der Waals surface area contributed by atoms with Gasteiger partial charge in [0.15, 0.2) is 0 Å². The number of hydrogen-bond donors (Lipinski definition) is 0. The number of benzene rings is 2. The molecule has 27 heavy (non-hydrogen) atoms. The molecule has 2 aromatic carbocycles. The molecule has 2 rings (SSSR count). The van der Waals surface area contributed by atoms with Crippen molar-refractivity contribution >= 4 is 15.8 Å². The summed E-state index contributed by atoms with van der Waals surface area (Å²) in [5, 5.41) is 0. The van der Waals surface area contributed by atoms with E-state index in [-0.39, 0.29) is 21.1 Å². The molecule has 0 aliphatic carbocycles. The Balaban J connectivity index is -0.000000281. The van der Waals surface area contributed by atoms with Gasteiger partial charge in [-0.25, -0.2) is 0 Å². The quantitative estimate of drug-likeness (QED) is 0.238. The van der Waals surface area contributed by atoms with Crippen LogP contribution in [-0.2, 0) is 21.1 Å². The first-order valence-electron chi connectivity index (χ1n) is 9.96. The molecular weight excluding hydrogens is 545 g/mol. The molecule has 0 nitrogen and oxygen atoms in total. The zero-order valence-electron chi connectivity index (χ0n) is 18.2. The minimum atomic E-state index is 0. The maximum atomic E-state index is 2.89. The van der Waals surface area contributed by atoms with Crippen molar-refractivity contribution in [1.82, 2.24) is 0 Å². The smallest absolute Gasteiger partial charge is 0.184 e. The van der Waals surface area contributed by atoms with E-state index in [1.165, 1.54) is 37.0 Å². The Kier molecular flexibility index (Phi) is 33.1. The van der Waals surface area contributed by atoms with Crippen LogP contribution in [0.1, 0.15) is 41.5 Å². The second kappa shape index (κ2) is 28.2. The van der Waals surface area contributed by atoms with Gasteiger partial charge in [0.05, 0.1) is 0 Å². The van der Waals surface area contributed by atoms with Crippen molar-refractivity contribution in [2.75, 3.05) is 37.0 Å². The van der Waals surface area contributed by atoms with Gasteiger partial charge in [-0.3, -0.25) is 0 Å². The van der Waals surface area contributed by atoms with Crippen LogP contribution in [0.2, 0.25) is 0 Å². The molecule has 0 spiro atoms. The van der Waals surface area contributed by atoms with Gasteiger partial charge in [-0.05, 0) is 37.0 Å². The molecule has 3 heteroatoms. The normalized spacial score (nSPS) is 8.89. The fourth-order valence-corrected chi connectivity index (χ4v) is 4.71. The molecule has 0 bridgehead atoms. The van der Waals surface area contributed by atoms with Crippen LogP contribution < -0.4 is 0 Å². The van der Waals surface area contributed by atoms with Crippen LogP contribution in [0.15, 0.2) is 60.7 Å². The first kappa shape index (κ1) is 31.7. The van der Waals surface area contributed by atoms with Crippen LogP contribution in [-0.4, -0.2) is 37.0 Å². The van der Waals surface area contributed by atoms with Crippen molar-refractivity contribution in [2.45, 2.75) is 41.5 Å². The Bertz CT molecular complexity index is 321. The Labute approximate surface area is 187 Å². The van der Waals surface area contributed by atoms with Crippen molar-refractivity contribution in [3.63, 3.8) is 0 Å². The molecule has 0 saturated heterocycles. The summed E-state index contributed by atoms with van der Waals surface area (Å²) in [7, 11) is 0.892. The second-order valence-corrected chi connectivity index (χ2v) is 11.9.